The minimum atomic E-state index is -0.253. The normalized spacial score (nSPS) is 13.1. The highest BCUT2D eigenvalue weighted by atomic mass is 79.9. The maximum atomic E-state index is 13.5. The van der Waals surface area contributed by atoms with Crippen molar-refractivity contribution in [3.8, 4) is 0 Å². The molecule has 4 heteroatoms. The van der Waals surface area contributed by atoms with E-state index >= 15 is 0 Å². The number of benzene rings is 1. The van der Waals surface area contributed by atoms with Crippen LogP contribution in [0.15, 0.2) is 18.2 Å². The van der Waals surface area contributed by atoms with E-state index in [2.05, 4.69) is 35.1 Å². The van der Waals surface area contributed by atoms with Gasteiger partial charge in [-0.3, -0.25) is 0 Å². The molecule has 1 unspecified atom stereocenters. The third kappa shape index (κ3) is 3.72. The van der Waals surface area contributed by atoms with E-state index in [4.69, 9.17) is 11.6 Å². The van der Waals surface area contributed by atoms with E-state index in [0.717, 1.165) is 5.33 Å². The molecule has 0 heterocycles. The van der Waals surface area contributed by atoms with Crippen LogP contribution in [0.5, 0.6) is 0 Å². The number of hydrogen-bond donors (Lipinski definition) is 1. The summed E-state index contributed by atoms with van der Waals surface area (Å²) < 4.78 is 13.5. The van der Waals surface area contributed by atoms with Crippen LogP contribution in [-0.2, 0) is 6.54 Å². The minimum Gasteiger partial charge on any atom is -0.309 e. The molecule has 0 saturated heterocycles. The second-order valence-corrected chi connectivity index (χ2v) is 5.14. The maximum Gasteiger partial charge on any atom is 0.129 e. The minimum absolute atomic E-state index is 0.253. The monoisotopic (exact) mass is 307 g/mol. The zero-order valence-corrected chi connectivity index (χ0v) is 11.8. The molecule has 0 aliphatic carbocycles. The second-order valence-electron chi connectivity index (χ2n) is 4.09. The fourth-order valence-corrected chi connectivity index (χ4v) is 2.61. The molecule has 0 aliphatic rings. The van der Waals surface area contributed by atoms with Crippen molar-refractivity contribution in [1.29, 1.82) is 0 Å². The Balaban J connectivity index is 2.67. The summed E-state index contributed by atoms with van der Waals surface area (Å²) in [7, 11) is 0. The molecular formula is C12H16BrClFN. The third-order valence-electron chi connectivity index (χ3n) is 2.57. The van der Waals surface area contributed by atoms with Gasteiger partial charge in [-0.2, -0.15) is 0 Å². The standard InChI is InChI=1S/C12H16BrClFN/c1-8(2)12(6-13)16-7-9-10(14)4-3-5-11(9)15/h3-5,8,12,16H,6-7H2,1-2H3. The summed E-state index contributed by atoms with van der Waals surface area (Å²) in [5.74, 6) is 0.238. The number of nitrogens with one attached hydrogen (secondary N) is 1. The van der Waals surface area contributed by atoms with Gasteiger partial charge in [-0.25, -0.2) is 4.39 Å². The molecule has 1 rings (SSSR count). The summed E-state index contributed by atoms with van der Waals surface area (Å²) in [5.41, 5.74) is 0.538. The Bertz CT molecular complexity index is 324. The average Bonchev–Trinajstić information content (AvgIpc) is 2.22. The molecule has 1 nitrogen and oxygen atoms in total. The second kappa shape index (κ2) is 6.58. The first kappa shape index (κ1) is 13.9. The number of rotatable bonds is 5. The van der Waals surface area contributed by atoms with Gasteiger partial charge >= 0.3 is 0 Å². The first-order valence-corrected chi connectivity index (χ1v) is 6.78. The van der Waals surface area contributed by atoms with Crippen LogP contribution < -0.4 is 5.32 Å². The van der Waals surface area contributed by atoms with E-state index < -0.39 is 0 Å². The molecule has 1 N–H and O–H groups in total. The summed E-state index contributed by atoms with van der Waals surface area (Å²) in [5, 5.41) is 4.62. The largest absolute Gasteiger partial charge is 0.309 e. The summed E-state index contributed by atoms with van der Waals surface area (Å²) in [6.45, 7) is 4.71. The van der Waals surface area contributed by atoms with Crippen LogP contribution in [0.1, 0.15) is 19.4 Å². The molecule has 1 aromatic carbocycles. The molecule has 0 aliphatic heterocycles. The first-order valence-electron chi connectivity index (χ1n) is 5.28. The van der Waals surface area contributed by atoms with Crippen molar-refractivity contribution in [1.82, 2.24) is 5.32 Å². The molecule has 0 radical (unpaired) electrons. The maximum absolute atomic E-state index is 13.5. The summed E-state index contributed by atoms with van der Waals surface area (Å²) >= 11 is 9.38. The Morgan fingerprint density at radius 1 is 1.44 bits per heavy atom. The quantitative estimate of drug-likeness (QED) is 0.811. The molecule has 90 valence electrons. The molecule has 16 heavy (non-hydrogen) atoms. The predicted octanol–water partition coefficient (Wildman–Crippen LogP) is 3.99. The highest BCUT2D eigenvalue weighted by Crippen LogP contribution is 2.19. The Hall–Kier alpha value is -0.120. The molecule has 0 saturated carbocycles. The van der Waals surface area contributed by atoms with Gasteiger partial charge < -0.3 is 5.32 Å². The summed E-state index contributed by atoms with van der Waals surface area (Å²) in [6.07, 6.45) is 0. The Labute approximate surface area is 110 Å². The van der Waals surface area contributed by atoms with Crippen molar-refractivity contribution in [3.05, 3.63) is 34.6 Å². The lowest BCUT2D eigenvalue weighted by Gasteiger charge is -2.20. The van der Waals surface area contributed by atoms with Gasteiger partial charge in [0.05, 0.1) is 0 Å². The van der Waals surface area contributed by atoms with Gasteiger partial charge in [0.25, 0.3) is 0 Å². The van der Waals surface area contributed by atoms with Gasteiger partial charge in [0.2, 0.25) is 0 Å². The first-order chi connectivity index (χ1) is 7.56. The zero-order chi connectivity index (χ0) is 12.1. The molecule has 0 spiro atoms. The van der Waals surface area contributed by atoms with Gasteiger partial charge in [-0.05, 0) is 18.1 Å². The van der Waals surface area contributed by atoms with Gasteiger partial charge in [-0.1, -0.05) is 47.4 Å². The molecular weight excluding hydrogens is 292 g/mol. The highest BCUT2D eigenvalue weighted by Gasteiger charge is 2.13. The van der Waals surface area contributed by atoms with E-state index in [1.54, 1.807) is 12.1 Å². The Morgan fingerprint density at radius 2 is 2.12 bits per heavy atom. The van der Waals surface area contributed by atoms with Crippen molar-refractivity contribution in [2.45, 2.75) is 26.4 Å². The third-order valence-corrected chi connectivity index (χ3v) is 3.63. The molecule has 0 bridgehead atoms. The van der Waals surface area contributed by atoms with Crippen LogP contribution in [0.25, 0.3) is 0 Å². The van der Waals surface area contributed by atoms with Gasteiger partial charge in [-0.15, -0.1) is 0 Å². The topological polar surface area (TPSA) is 12.0 Å². The van der Waals surface area contributed by atoms with Crippen LogP contribution in [0.4, 0.5) is 4.39 Å². The van der Waals surface area contributed by atoms with Gasteiger partial charge in [0.15, 0.2) is 0 Å². The van der Waals surface area contributed by atoms with Crippen molar-refractivity contribution >= 4 is 27.5 Å². The lowest BCUT2D eigenvalue weighted by Crippen LogP contribution is -2.35. The van der Waals surface area contributed by atoms with E-state index in [9.17, 15) is 4.39 Å². The summed E-state index contributed by atoms with van der Waals surface area (Å²) in [4.78, 5) is 0. The summed E-state index contributed by atoms with van der Waals surface area (Å²) in [6, 6.07) is 5.07. The number of hydrogen-bond acceptors (Lipinski definition) is 1. The Morgan fingerprint density at radius 3 is 2.62 bits per heavy atom. The van der Waals surface area contributed by atoms with Crippen molar-refractivity contribution in [3.63, 3.8) is 0 Å². The van der Waals surface area contributed by atoms with E-state index in [0.29, 0.717) is 29.1 Å². The zero-order valence-electron chi connectivity index (χ0n) is 9.43. The van der Waals surface area contributed by atoms with E-state index in [-0.39, 0.29) is 5.82 Å². The molecule has 0 amide bonds. The molecule has 1 aromatic rings. The van der Waals surface area contributed by atoms with Crippen molar-refractivity contribution in [2.75, 3.05) is 5.33 Å². The van der Waals surface area contributed by atoms with Crippen LogP contribution in [0.2, 0.25) is 5.02 Å². The van der Waals surface area contributed by atoms with Gasteiger partial charge in [0.1, 0.15) is 5.82 Å². The van der Waals surface area contributed by atoms with Crippen LogP contribution in [0.3, 0.4) is 0 Å². The lowest BCUT2D eigenvalue weighted by atomic mass is 10.1. The smallest absolute Gasteiger partial charge is 0.129 e. The Kier molecular flexibility index (Phi) is 5.73. The molecule has 0 fully saturated rings. The number of alkyl halides is 1. The van der Waals surface area contributed by atoms with Crippen LogP contribution in [0, 0.1) is 11.7 Å². The fraction of sp³-hybridized carbons (Fsp3) is 0.500. The van der Waals surface area contributed by atoms with E-state index in [1.165, 1.54) is 6.07 Å². The predicted molar refractivity (Wildman–Crippen MR) is 70.7 cm³/mol. The molecule has 0 aromatic heterocycles. The van der Waals surface area contributed by atoms with Crippen LogP contribution >= 0.6 is 27.5 Å². The van der Waals surface area contributed by atoms with Crippen molar-refractivity contribution < 1.29 is 4.39 Å². The van der Waals surface area contributed by atoms with Gasteiger partial charge in [0, 0.05) is 28.5 Å². The number of halogens is 3. The van der Waals surface area contributed by atoms with Crippen LogP contribution in [-0.4, -0.2) is 11.4 Å². The highest BCUT2D eigenvalue weighted by molar-refractivity contribution is 9.09. The van der Waals surface area contributed by atoms with E-state index in [1.807, 2.05) is 0 Å². The van der Waals surface area contributed by atoms with Crippen molar-refractivity contribution in [2.24, 2.45) is 5.92 Å². The fourth-order valence-electron chi connectivity index (χ4n) is 1.40. The SMILES string of the molecule is CC(C)C(CBr)NCc1c(F)cccc1Cl. The average molecular weight is 309 g/mol. The lowest BCUT2D eigenvalue weighted by molar-refractivity contribution is 0.429. The molecule has 1 atom stereocenters.